The van der Waals surface area contributed by atoms with Crippen LogP contribution in [0.5, 0.6) is 17.2 Å². The number of carbonyl (C=O) groups excluding carboxylic acids is 2. The van der Waals surface area contributed by atoms with Crippen LogP contribution in [0.1, 0.15) is 29.8 Å². The van der Waals surface area contributed by atoms with E-state index >= 15 is 0 Å². The van der Waals surface area contributed by atoms with Crippen LogP contribution in [0, 0.1) is 0 Å². The van der Waals surface area contributed by atoms with E-state index < -0.39 is 0 Å². The second-order valence-electron chi connectivity index (χ2n) is 7.10. The second kappa shape index (κ2) is 12.1. The van der Waals surface area contributed by atoms with E-state index in [1.165, 1.54) is 6.08 Å². The number of rotatable bonds is 10. The van der Waals surface area contributed by atoms with E-state index in [4.69, 9.17) is 14.2 Å². The van der Waals surface area contributed by atoms with Gasteiger partial charge in [-0.1, -0.05) is 36.4 Å². The molecule has 3 rings (SSSR count). The third-order valence-electron chi connectivity index (χ3n) is 4.78. The third kappa shape index (κ3) is 6.38. The molecule has 7 nitrogen and oxygen atoms in total. The SMILES string of the molecule is CCOc1cc(NC(=O)c2ccccc2)c(OCC)cc1NC(=O)/C=C/c1ccccc1OC. The Kier molecular flexibility index (Phi) is 8.68. The van der Waals surface area contributed by atoms with Crippen molar-refractivity contribution in [2.24, 2.45) is 0 Å². The Hall–Kier alpha value is -4.26. The molecule has 0 aliphatic rings. The first-order valence-electron chi connectivity index (χ1n) is 11.0. The molecular weight excluding hydrogens is 432 g/mol. The number of methoxy groups -OCH3 is 1. The van der Waals surface area contributed by atoms with Crippen molar-refractivity contribution in [3.63, 3.8) is 0 Å². The molecule has 0 aromatic heterocycles. The van der Waals surface area contributed by atoms with Crippen molar-refractivity contribution in [1.29, 1.82) is 0 Å². The molecule has 0 atom stereocenters. The van der Waals surface area contributed by atoms with Crippen LogP contribution in [0.15, 0.2) is 72.8 Å². The van der Waals surface area contributed by atoms with Gasteiger partial charge in [0.05, 0.1) is 31.7 Å². The average molecular weight is 461 g/mol. The van der Waals surface area contributed by atoms with E-state index in [1.807, 2.05) is 44.2 Å². The summed E-state index contributed by atoms with van der Waals surface area (Å²) in [6.45, 7) is 4.43. The van der Waals surface area contributed by atoms with Crippen molar-refractivity contribution in [3.05, 3.63) is 83.9 Å². The van der Waals surface area contributed by atoms with Gasteiger partial charge in [0.15, 0.2) is 0 Å². The highest BCUT2D eigenvalue weighted by Crippen LogP contribution is 2.37. The van der Waals surface area contributed by atoms with E-state index in [0.717, 1.165) is 5.56 Å². The summed E-state index contributed by atoms with van der Waals surface area (Å²) in [5.74, 6) is 0.863. The van der Waals surface area contributed by atoms with Gasteiger partial charge in [-0.25, -0.2) is 0 Å². The normalized spacial score (nSPS) is 10.6. The van der Waals surface area contributed by atoms with E-state index in [0.29, 0.717) is 47.4 Å². The van der Waals surface area contributed by atoms with Crippen LogP contribution in [0.2, 0.25) is 0 Å². The Balaban J connectivity index is 1.86. The Labute approximate surface area is 199 Å². The van der Waals surface area contributed by atoms with Crippen molar-refractivity contribution in [3.8, 4) is 17.2 Å². The molecule has 2 N–H and O–H groups in total. The molecule has 0 aliphatic heterocycles. The highest BCUT2D eigenvalue weighted by Gasteiger charge is 2.16. The van der Waals surface area contributed by atoms with E-state index in [9.17, 15) is 9.59 Å². The van der Waals surface area contributed by atoms with Crippen molar-refractivity contribution >= 4 is 29.3 Å². The number of amides is 2. The number of nitrogens with one attached hydrogen (secondary N) is 2. The van der Waals surface area contributed by atoms with Gasteiger partial charge in [-0.05, 0) is 38.1 Å². The fourth-order valence-corrected chi connectivity index (χ4v) is 3.23. The summed E-state index contributed by atoms with van der Waals surface area (Å²) >= 11 is 0. The van der Waals surface area contributed by atoms with Gasteiger partial charge in [0.25, 0.3) is 5.91 Å². The smallest absolute Gasteiger partial charge is 0.255 e. The maximum absolute atomic E-state index is 12.7. The summed E-state index contributed by atoms with van der Waals surface area (Å²) in [6, 6.07) is 19.6. The van der Waals surface area contributed by atoms with Crippen LogP contribution in [-0.2, 0) is 4.79 Å². The largest absolute Gasteiger partial charge is 0.496 e. The van der Waals surface area contributed by atoms with Gasteiger partial charge in [-0.2, -0.15) is 0 Å². The topological polar surface area (TPSA) is 85.9 Å². The van der Waals surface area contributed by atoms with Gasteiger partial charge in [0, 0.05) is 29.3 Å². The van der Waals surface area contributed by atoms with Crippen molar-refractivity contribution in [1.82, 2.24) is 0 Å². The predicted octanol–water partition coefficient (Wildman–Crippen LogP) is 5.40. The molecule has 0 aliphatic carbocycles. The molecular formula is C27H28N2O5. The summed E-state index contributed by atoms with van der Waals surface area (Å²) in [4.78, 5) is 25.3. The highest BCUT2D eigenvalue weighted by molar-refractivity contribution is 6.06. The highest BCUT2D eigenvalue weighted by atomic mass is 16.5. The second-order valence-corrected chi connectivity index (χ2v) is 7.10. The fraction of sp³-hybridized carbons (Fsp3) is 0.185. The van der Waals surface area contributed by atoms with Crippen LogP contribution in [0.4, 0.5) is 11.4 Å². The number of hydrogen-bond acceptors (Lipinski definition) is 5. The van der Waals surface area contributed by atoms with Crippen molar-refractivity contribution < 1.29 is 23.8 Å². The summed E-state index contributed by atoms with van der Waals surface area (Å²) in [5, 5.41) is 5.70. The number of carbonyl (C=O) groups is 2. The first kappa shape index (κ1) is 24.4. The van der Waals surface area contributed by atoms with Crippen LogP contribution < -0.4 is 24.8 Å². The maximum atomic E-state index is 12.7. The summed E-state index contributed by atoms with van der Waals surface area (Å²) in [5.41, 5.74) is 2.17. The van der Waals surface area contributed by atoms with Gasteiger partial charge >= 0.3 is 0 Å². The first-order chi connectivity index (χ1) is 16.5. The van der Waals surface area contributed by atoms with Gasteiger partial charge in [0.2, 0.25) is 5.91 Å². The number of benzene rings is 3. The quantitative estimate of drug-likeness (QED) is 0.396. The zero-order valence-electron chi connectivity index (χ0n) is 19.5. The molecule has 0 saturated heterocycles. The van der Waals surface area contributed by atoms with E-state index in [-0.39, 0.29) is 11.8 Å². The molecule has 7 heteroatoms. The Morgan fingerprint density at radius 3 is 2.00 bits per heavy atom. The van der Waals surface area contributed by atoms with Crippen molar-refractivity contribution in [2.75, 3.05) is 31.0 Å². The lowest BCUT2D eigenvalue weighted by Crippen LogP contribution is -2.14. The van der Waals surface area contributed by atoms with Crippen LogP contribution in [-0.4, -0.2) is 32.1 Å². The third-order valence-corrected chi connectivity index (χ3v) is 4.78. The number of hydrogen-bond donors (Lipinski definition) is 2. The molecule has 0 spiro atoms. The van der Waals surface area contributed by atoms with Gasteiger partial charge in [0.1, 0.15) is 17.2 Å². The molecule has 0 saturated carbocycles. The lowest BCUT2D eigenvalue weighted by atomic mass is 10.1. The zero-order valence-corrected chi connectivity index (χ0v) is 19.5. The monoisotopic (exact) mass is 460 g/mol. The molecule has 176 valence electrons. The average Bonchev–Trinajstić information content (AvgIpc) is 2.86. The number of anilines is 2. The van der Waals surface area contributed by atoms with Crippen LogP contribution >= 0.6 is 0 Å². The molecule has 34 heavy (non-hydrogen) atoms. The Morgan fingerprint density at radius 2 is 1.38 bits per heavy atom. The zero-order chi connectivity index (χ0) is 24.3. The summed E-state index contributed by atoms with van der Waals surface area (Å²) in [6.07, 6.45) is 3.09. The number of para-hydroxylation sites is 1. The predicted molar refractivity (Wildman–Crippen MR) is 134 cm³/mol. The summed E-state index contributed by atoms with van der Waals surface area (Å²) in [7, 11) is 1.58. The minimum atomic E-state index is -0.352. The molecule has 3 aromatic carbocycles. The van der Waals surface area contributed by atoms with E-state index in [2.05, 4.69) is 10.6 Å². The van der Waals surface area contributed by atoms with Gasteiger partial charge < -0.3 is 24.8 Å². The maximum Gasteiger partial charge on any atom is 0.255 e. The van der Waals surface area contributed by atoms with Gasteiger partial charge in [-0.3, -0.25) is 9.59 Å². The van der Waals surface area contributed by atoms with E-state index in [1.54, 1.807) is 49.6 Å². The van der Waals surface area contributed by atoms with Crippen molar-refractivity contribution in [2.45, 2.75) is 13.8 Å². The lowest BCUT2D eigenvalue weighted by molar-refractivity contribution is -0.111. The van der Waals surface area contributed by atoms with Crippen LogP contribution in [0.25, 0.3) is 6.08 Å². The minimum Gasteiger partial charge on any atom is -0.496 e. The summed E-state index contributed by atoms with van der Waals surface area (Å²) < 4.78 is 16.8. The number of ether oxygens (including phenoxy) is 3. The van der Waals surface area contributed by atoms with Gasteiger partial charge in [-0.15, -0.1) is 0 Å². The van der Waals surface area contributed by atoms with Crippen LogP contribution in [0.3, 0.4) is 0 Å². The fourth-order valence-electron chi connectivity index (χ4n) is 3.23. The molecule has 2 amide bonds. The Morgan fingerprint density at radius 1 is 0.794 bits per heavy atom. The molecule has 0 unspecified atom stereocenters. The molecule has 0 bridgehead atoms. The minimum absolute atomic E-state index is 0.277. The molecule has 0 radical (unpaired) electrons. The standard InChI is InChI=1S/C27H28N2O5/c1-4-33-24-18-22(29-27(31)20-12-7-6-8-13-20)25(34-5-2)17-21(24)28-26(30)16-15-19-11-9-10-14-23(19)32-3/h6-18H,4-5H2,1-3H3,(H,28,30)(H,29,31)/b16-15+. The lowest BCUT2D eigenvalue weighted by Gasteiger charge is -2.17. The first-order valence-corrected chi connectivity index (χ1v) is 11.0. The molecule has 0 fully saturated rings. The molecule has 0 heterocycles. The Bertz CT molecular complexity index is 1160. The molecule has 3 aromatic rings.